The average molecular weight is 399 g/mol. The minimum Gasteiger partial charge on any atom is -0.431 e. The first-order valence-electron chi connectivity index (χ1n) is 9.52. The number of nitrogens with zero attached hydrogens (tertiary/aromatic N) is 1. The molecule has 2 aromatic carbocycles. The Morgan fingerprint density at radius 2 is 1.86 bits per heavy atom. The van der Waals surface area contributed by atoms with Crippen molar-refractivity contribution in [3.05, 3.63) is 60.2 Å². The number of amides is 1. The fraction of sp³-hybridized carbons (Fsp3) is 0.333. The molecule has 1 aliphatic heterocycles. The van der Waals surface area contributed by atoms with Crippen LogP contribution in [0, 0.1) is 0 Å². The van der Waals surface area contributed by atoms with Gasteiger partial charge >= 0.3 is 0 Å². The third-order valence-corrected chi connectivity index (χ3v) is 5.66. The molecule has 0 radical (unpaired) electrons. The van der Waals surface area contributed by atoms with Gasteiger partial charge in [-0.3, -0.25) is 4.79 Å². The van der Waals surface area contributed by atoms with Crippen LogP contribution >= 0.6 is 11.8 Å². The van der Waals surface area contributed by atoms with Gasteiger partial charge in [-0.05, 0) is 17.7 Å². The minimum absolute atomic E-state index is 0.0197. The number of rotatable bonds is 7. The lowest BCUT2D eigenvalue weighted by Crippen LogP contribution is -3.14. The summed E-state index contributed by atoms with van der Waals surface area (Å²) in [5.74, 6) is 0.253. The van der Waals surface area contributed by atoms with Gasteiger partial charge in [-0.25, -0.2) is 4.98 Å². The van der Waals surface area contributed by atoms with E-state index < -0.39 is 0 Å². The number of ether oxygens (including phenoxy) is 1. The standard InChI is InChI=1S/C21H23N3O3S/c25-20(15-28-21-23-17-8-4-5-9-19(17)27-21)22-18(16-6-2-1-3-7-16)14-24-10-12-26-13-11-24/h1-9,18H,10-15H2,(H,22,25)/p+1/t18-/m1/s1. The summed E-state index contributed by atoms with van der Waals surface area (Å²) in [6.07, 6.45) is 0. The summed E-state index contributed by atoms with van der Waals surface area (Å²) in [6, 6.07) is 17.7. The van der Waals surface area contributed by atoms with Gasteiger partial charge in [0.05, 0.1) is 19.0 Å². The van der Waals surface area contributed by atoms with Gasteiger partial charge in [-0.2, -0.15) is 0 Å². The summed E-state index contributed by atoms with van der Waals surface area (Å²) in [4.78, 5) is 18.5. The summed E-state index contributed by atoms with van der Waals surface area (Å²) >= 11 is 1.32. The second kappa shape index (κ2) is 9.23. The Morgan fingerprint density at radius 3 is 2.64 bits per heavy atom. The van der Waals surface area contributed by atoms with E-state index in [9.17, 15) is 4.79 Å². The van der Waals surface area contributed by atoms with E-state index in [4.69, 9.17) is 9.15 Å². The van der Waals surface area contributed by atoms with Crippen LogP contribution in [0.25, 0.3) is 11.1 Å². The van der Waals surface area contributed by atoms with E-state index >= 15 is 0 Å². The minimum atomic E-state index is -0.0222. The zero-order valence-corrected chi connectivity index (χ0v) is 16.4. The molecule has 1 saturated heterocycles. The molecular weight excluding hydrogens is 374 g/mol. The largest absolute Gasteiger partial charge is 0.431 e. The van der Waals surface area contributed by atoms with Gasteiger partial charge in [0.25, 0.3) is 5.22 Å². The third-order valence-electron chi connectivity index (χ3n) is 4.83. The van der Waals surface area contributed by atoms with Crippen molar-refractivity contribution < 1.29 is 18.8 Å². The predicted molar refractivity (Wildman–Crippen MR) is 108 cm³/mol. The number of thioether (sulfide) groups is 1. The molecule has 1 amide bonds. The topological polar surface area (TPSA) is 68.8 Å². The van der Waals surface area contributed by atoms with Gasteiger partial charge in [0.1, 0.15) is 31.2 Å². The fourth-order valence-electron chi connectivity index (χ4n) is 3.37. The SMILES string of the molecule is O=C(CSc1nc2ccccc2o1)N[C@H](C[NH+]1CCOCC1)c1ccccc1. The van der Waals surface area contributed by atoms with Gasteiger partial charge in [0.15, 0.2) is 5.58 Å². The number of fused-ring (bicyclic) bond motifs is 1. The first kappa shape index (κ1) is 19.0. The smallest absolute Gasteiger partial charge is 0.257 e. The number of morpholine rings is 1. The van der Waals surface area contributed by atoms with Crippen molar-refractivity contribution in [1.29, 1.82) is 0 Å². The van der Waals surface area contributed by atoms with Gasteiger partial charge in [-0.1, -0.05) is 54.2 Å². The predicted octanol–water partition coefficient (Wildman–Crippen LogP) is 1.69. The summed E-state index contributed by atoms with van der Waals surface area (Å²) < 4.78 is 11.1. The molecule has 6 nitrogen and oxygen atoms in total. The summed E-state index contributed by atoms with van der Waals surface area (Å²) in [5, 5.41) is 3.71. The maximum atomic E-state index is 12.6. The second-order valence-electron chi connectivity index (χ2n) is 6.83. The van der Waals surface area contributed by atoms with Crippen molar-refractivity contribution >= 4 is 28.8 Å². The van der Waals surface area contributed by atoms with E-state index in [0.29, 0.717) is 5.22 Å². The van der Waals surface area contributed by atoms with Crippen molar-refractivity contribution in [2.24, 2.45) is 0 Å². The third kappa shape index (κ3) is 4.92. The number of carbonyl (C=O) groups excluding carboxylic acids is 1. The highest BCUT2D eigenvalue weighted by molar-refractivity contribution is 7.99. The van der Waals surface area contributed by atoms with E-state index in [0.717, 1.165) is 49.5 Å². The fourth-order valence-corrected chi connectivity index (χ4v) is 4.02. The molecule has 1 atom stereocenters. The Balaban J connectivity index is 1.38. The Morgan fingerprint density at radius 1 is 1.11 bits per heavy atom. The van der Waals surface area contributed by atoms with Crippen LogP contribution in [0.4, 0.5) is 0 Å². The Labute approximate surface area is 168 Å². The molecule has 0 saturated carbocycles. The lowest BCUT2D eigenvalue weighted by atomic mass is 10.1. The first-order valence-corrected chi connectivity index (χ1v) is 10.5. The number of hydrogen-bond acceptors (Lipinski definition) is 5. The molecule has 0 bridgehead atoms. The second-order valence-corrected chi connectivity index (χ2v) is 7.76. The summed E-state index contributed by atoms with van der Waals surface area (Å²) in [6.45, 7) is 4.34. The molecule has 2 heterocycles. The number of nitrogens with one attached hydrogen (secondary N) is 2. The average Bonchev–Trinajstić information content (AvgIpc) is 3.16. The Hall–Kier alpha value is -2.35. The highest BCUT2D eigenvalue weighted by atomic mass is 32.2. The number of quaternary nitrogens is 1. The number of para-hydroxylation sites is 2. The van der Waals surface area contributed by atoms with Gasteiger partial charge in [-0.15, -0.1) is 0 Å². The number of aromatic nitrogens is 1. The first-order chi connectivity index (χ1) is 13.8. The molecule has 3 aromatic rings. The molecule has 146 valence electrons. The van der Waals surface area contributed by atoms with Crippen LogP contribution in [0.3, 0.4) is 0 Å². The number of hydrogen-bond donors (Lipinski definition) is 2. The van der Waals surface area contributed by atoms with Crippen LogP contribution in [-0.2, 0) is 9.53 Å². The maximum Gasteiger partial charge on any atom is 0.257 e. The molecule has 0 unspecified atom stereocenters. The normalized spacial score (nSPS) is 16.1. The van der Waals surface area contributed by atoms with Crippen molar-refractivity contribution in [3.63, 3.8) is 0 Å². The van der Waals surface area contributed by atoms with E-state index in [2.05, 4.69) is 22.4 Å². The van der Waals surface area contributed by atoms with Gasteiger partial charge < -0.3 is 19.4 Å². The molecule has 2 N–H and O–H groups in total. The molecule has 1 fully saturated rings. The molecule has 1 aromatic heterocycles. The zero-order valence-electron chi connectivity index (χ0n) is 15.6. The van der Waals surface area contributed by atoms with E-state index in [1.54, 1.807) is 0 Å². The van der Waals surface area contributed by atoms with Crippen LogP contribution in [0.15, 0.2) is 64.2 Å². The van der Waals surface area contributed by atoms with Gasteiger partial charge in [0, 0.05) is 0 Å². The van der Waals surface area contributed by atoms with Crippen LogP contribution in [0.1, 0.15) is 11.6 Å². The molecular formula is C21H24N3O3S+. The van der Waals surface area contributed by atoms with Crippen LogP contribution in [0.2, 0.25) is 0 Å². The summed E-state index contributed by atoms with van der Waals surface area (Å²) in [5.41, 5.74) is 2.67. The highest BCUT2D eigenvalue weighted by Gasteiger charge is 2.23. The van der Waals surface area contributed by atoms with Crippen LogP contribution in [0.5, 0.6) is 0 Å². The van der Waals surface area contributed by atoms with Gasteiger partial charge in [0.2, 0.25) is 5.91 Å². The molecule has 28 heavy (non-hydrogen) atoms. The molecule has 1 aliphatic rings. The molecule has 7 heteroatoms. The number of benzene rings is 2. The lowest BCUT2D eigenvalue weighted by Gasteiger charge is -2.28. The zero-order chi connectivity index (χ0) is 19.2. The molecule has 0 aliphatic carbocycles. The number of carbonyl (C=O) groups is 1. The van der Waals surface area contributed by atoms with Crippen molar-refractivity contribution in [1.82, 2.24) is 10.3 Å². The van der Waals surface area contributed by atoms with E-state index in [1.807, 2.05) is 42.5 Å². The lowest BCUT2D eigenvalue weighted by molar-refractivity contribution is -0.909. The Bertz CT molecular complexity index is 876. The monoisotopic (exact) mass is 398 g/mol. The van der Waals surface area contributed by atoms with E-state index in [1.165, 1.54) is 16.7 Å². The molecule has 4 rings (SSSR count). The number of oxazole rings is 1. The maximum absolute atomic E-state index is 12.6. The van der Waals surface area contributed by atoms with Crippen molar-refractivity contribution in [3.8, 4) is 0 Å². The highest BCUT2D eigenvalue weighted by Crippen LogP contribution is 2.23. The summed E-state index contributed by atoms with van der Waals surface area (Å²) in [7, 11) is 0. The Kier molecular flexibility index (Phi) is 6.26. The van der Waals surface area contributed by atoms with E-state index in [-0.39, 0.29) is 17.7 Å². The quantitative estimate of drug-likeness (QED) is 0.593. The van der Waals surface area contributed by atoms with Crippen LogP contribution in [-0.4, -0.2) is 49.5 Å². The van der Waals surface area contributed by atoms with Crippen molar-refractivity contribution in [2.75, 3.05) is 38.6 Å². The van der Waals surface area contributed by atoms with Crippen molar-refractivity contribution in [2.45, 2.75) is 11.3 Å². The molecule has 0 spiro atoms. The van der Waals surface area contributed by atoms with Crippen LogP contribution < -0.4 is 10.2 Å².